The van der Waals surface area contributed by atoms with Crippen LogP contribution < -0.4 is 10.6 Å². The second-order valence-electron chi connectivity index (χ2n) is 7.67. The fourth-order valence-corrected chi connectivity index (χ4v) is 3.08. The number of rotatable bonds is 7. The third-order valence-corrected chi connectivity index (χ3v) is 4.90. The number of guanidine groups is 1. The van der Waals surface area contributed by atoms with Gasteiger partial charge in [0.15, 0.2) is 5.96 Å². The van der Waals surface area contributed by atoms with Gasteiger partial charge in [-0.1, -0.05) is 50.2 Å². The molecule has 7 heteroatoms. The minimum Gasteiger partial charge on any atom is -0.357 e. The number of aromatic nitrogens is 3. The van der Waals surface area contributed by atoms with Crippen molar-refractivity contribution >= 4 is 29.9 Å². The Balaban J connectivity index is 0.00000320. The molecule has 0 atom stereocenters. The summed E-state index contributed by atoms with van der Waals surface area (Å²) in [4.78, 5) is 13.5. The molecule has 6 nitrogen and oxygen atoms in total. The normalized spacial score (nSPS) is 11.7. The standard InChI is InChI=1S/C23H30N6.HI/c1-5-24-22(28-17-23(3,4)20-9-7-6-8-10-20)27-16-19-11-12-21(26-15-19)29-14-13-25-18(29)2;/h6-15H,5,16-17H2,1-4H3,(H2,24,27,28);1H. The number of hydrogen-bond acceptors (Lipinski definition) is 3. The maximum Gasteiger partial charge on any atom is 0.191 e. The van der Waals surface area contributed by atoms with Gasteiger partial charge in [-0.15, -0.1) is 24.0 Å². The molecule has 160 valence electrons. The van der Waals surface area contributed by atoms with Crippen molar-refractivity contribution < 1.29 is 0 Å². The summed E-state index contributed by atoms with van der Waals surface area (Å²) in [6.45, 7) is 10.7. The molecular weight excluding hydrogens is 487 g/mol. The lowest BCUT2D eigenvalue weighted by atomic mass is 9.85. The highest BCUT2D eigenvalue weighted by atomic mass is 127. The topological polar surface area (TPSA) is 67.1 Å². The molecule has 30 heavy (non-hydrogen) atoms. The molecular formula is C23H31IN6. The predicted octanol–water partition coefficient (Wildman–Crippen LogP) is 4.23. The summed E-state index contributed by atoms with van der Waals surface area (Å²) in [6, 6.07) is 14.6. The van der Waals surface area contributed by atoms with Crippen LogP contribution in [0, 0.1) is 6.92 Å². The molecule has 0 saturated heterocycles. The van der Waals surface area contributed by atoms with Crippen molar-refractivity contribution in [2.75, 3.05) is 13.1 Å². The summed E-state index contributed by atoms with van der Waals surface area (Å²) in [7, 11) is 0. The van der Waals surface area contributed by atoms with Crippen LogP contribution in [0.25, 0.3) is 5.82 Å². The molecule has 0 aliphatic rings. The molecule has 0 radical (unpaired) electrons. The third kappa shape index (κ3) is 6.29. The molecule has 0 aliphatic carbocycles. The van der Waals surface area contributed by atoms with Gasteiger partial charge in [-0.25, -0.2) is 15.0 Å². The fraction of sp³-hybridized carbons (Fsp3) is 0.348. The van der Waals surface area contributed by atoms with Gasteiger partial charge in [-0.3, -0.25) is 4.57 Å². The second-order valence-corrected chi connectivity index (χ2v) is 7.67. The van der Waals surface area contributed by atoms with Crippen molar-refractivity contribution in [2.45, 2.75) is 39.7 Å². The van der Waals surface area contributed by atoms with E-state index in [9.17, 15) is 0 Å². The molecule has 2 N–H and O–H groups in total. The third-order valence-electron chi connectivity index (χ3n) is 4.90. The van der Waals surface area contributed by atoms with Crippen LogP contribution in [0.15, 0.2) is 66.0 Å². The van der Waals surface area contributed by atoms with E-state index in [1.54, 1.807) is 6.20 Å². The highest BCUT2D eigenvalue weighted by Crippen LogP contribution is 2.21. The van der Waals surface area contributed by atoms with Gasteiger partial charge in [0.05, 0.1) is 6.54 Å². The molecule has 0 fully saturated rings. The predicted molar refractivity (Wildman–Crippen MR) is 134 cm³/mol. The summed E-state index contributed by atoms with van der Waals surface area (Å²) in [5.74, 6) is 2.59. The Morgan fingerprint density at radius 2 is 1.83 bits per heavy atom. The van der Waals surface area contributed by atoms with Crippen LogP contribution in [0.1, 0.15) is 37.7 Å². The molecule has 0 unspecified atom stereocenters. The van der Waals surface area contributed by atoms with Gasteiger partial charge >= 0.3 is 0 Å². The fourth-order valence-electron chi connectivity index (χ4n) is 3.08. The molecule has 1 aromatic carbocycles. The molecule has 3 aromatic rings. The van der Waals surface area contributed by atoms with E-state index in [4.69, 9.17) is 4.99 Å². The quantitative estimate of drug-likeness (QED) is 0.279. The highest BCUT2D eigenvalue weighted by molar-refractivity contribution is 14.0. The number of hydrogen-bond donors (Lipinski definition) is 2. The Bertz CT molecular complexity index is 932. The monoisotopic (exact) mass is 518 g/mol. The molecule has 2 heterocycles. The molecule has 0 amide bonds. The Kier molecular flexibility index (Phi) is 8.83. The maximum absolute atomic E-state index is 4.73. The van der Waals surface area contributed by atoms with E-state index in [2.05, 4.69) is 71.7 Å². The Hall–Kier alpha value is -2.42. The summed E-state index contributed by atoms with van der Waals surface area (Å²) in [5.41, 5.74) is 2.37. The first-order chi connectivity index (χ1) is 14.0. The lowest BCUT2D eigenvalue weighted by molar-refractivity contribution is 0.508. The van der Waals surface area contributed by atoms with Gasteiger partial charge in [0, 0.05) is 37.1 Å². The minimum absolute atomic E-state index is 0. The molecule has 0 bridgehead atoms. The first-order valence-electron chi connectivity index (χ1n) is 10.0. The van der Waals surface area contributed by atoms with Crippen LogP contribution in [0.2, 0.25) is 0 Å². The largest absolute Gasteiger partial charge is 0.357 e. The first kappa shape index (κ1) is 23.9. The van der Waals surface area contributed by atoms with Crippen LogP contribution in [0.5, 0.6) is 0 Å². The highest BCUT2D eigenvalue weighted by Gasteiger charge is 2.20. The zero-order valence-electron chi connectivity index (χ0n) is 18.1. The lowest BCUT2D eigenvalue weighted by Crippen LogP contribution is -2.43. The average molecular weight is 518 g/mol. The van der Waals surface area contributed by atoms with E-state index in [1.165, 1.54) is 5.56 Å². The van der Waals surface area contributed by atoms with Crippen molar-refractivity contribution in [3.05, 3.63) is 78.0 Å². The molecule has 3 rings (SSSR count). The Morgan fingerprint density at radius 3 is 2.43 bits per heavy atom. The number of nitrogens with one attached hydrogen (secondary N) is 2. The van der Waals surface area contributed by atoms with E-state index in [0.717, 1.165) is 36.3 Å². The SMILES string of the molecule is CCNC(=NCc1ccc(-n2ccnc2C)nc1)NCC(C)(C)c1ccccc1.I. The Morgan fingerprint density at radius 1 is 1.07 bits per heavy atom. The number of benzene rings is 1. The van der Waals surface area contributed by atoms with Gasteiger partial charge in [0.1, 0.15) is 11.6 Å². The van der Waals surface area contributed by atoms with E-state index in [1.807, 2.05) is 36.0 Å². The molecule has 0 saturated carbocycles. The van der Waals surface area contributed by atoms with E-state index in [0.29, 0.717) is 6.54 Å². The van der Waals surface area contributed by atoms with Crippen LogP contribution in [0.3, 0.4) is 0 Å². The average Bonchev–Trinajstić information content (AvgIpc) is 3.17. The number of pyridine rings is 1. The van der Waals surface area contributed by atoms with E-state index >= 15 is 0 Å². The minimum atomic E-state index is 0. The summed E-state index contributed by atoms with van der Waals surface area (Å²) >= 11 is 0. The lowest BCUT2D eigenvalue weighted by Gasteiger charge is -2.26. The van der Waals surface area contributed by atoms with E-state index < -0.39 is 0 Å². The number of imidazole rings is 1. The second kappa shape index (κ2) is 11.1. The summed E-state index contributed by atoms with van der Waals surface area (Å²) in [5, 5.41) is 6.80. The van der Waals surface area contributed by atoms with Gasteiger partial charge < -0.3 is 10.6 Å². The van der Waals surface area contributed by atoms with E-state index in [-0.39, 0.29) is 29.4 Å². The summed E-state index contributed by atoms with van der Waals surface area (Å²) < 4.78 is 1.96. The van der Waals surface area contributed by atoms with Crippen molar-refractivity contribution in [1.82, 2.24) is 25.2 Å². The zero-order chi connectivity index (χ0) is 20.7. The van der Waals surface area contributed by atoms with Crippen molar-refractivity contribution in [3.63, 3.8) is 0 Å². The van der Waals surface area contributed by atoms with Gasteiger partial charge in [0.2, 0.25) is 0 Å². The van der Waals surface area contributed by atoms with Crippen LogP contribution in [-0.4, -0.2) is 33.6 Å². The maximum atomic E-state index is 4.73. The van der Waals surface area contributed by atoms with Crippen molar-refractivity contribution in [3.8, 4) is 5.82 Å². The first-order valence-corrected chi connectivity index (χ1v) is 10.0. The van der Waals surface area contributed by atoms with Gasteiger partial charge in [0.25, 0.3) is 0 Å². The number of halogens is 1. The number of aliphatic imine (C=N–C) groups is 1. The van der Waals surface area contributed by atoms with Gasteiger partial charge in [-0.2, -0.15) is 0 Å². The molecule has 0 spiro atoms. The van der Waals surface area contributed by atoms with Crippen molar-refractivity contribution in [2.24, 2.45) is 4.99 Å². The number of aryl methyl sites for hydroxylation is 1. The molecule has 0 aliphatic heterocycles. The summed E-state index contributed by atoms with van der Waals surface area (Å²) in [6.07, 6.45) is 5.56. The zero-order valence-corrected chi connectivity index (χ0v) is 20.4. The Labute approximate surface area is 196 Å². The van der Waals surface area contributed by atoms with Crippen LogP contribution in [-0.2, 0) is 12.0 Å². The molecule has 2 aromatic heterocycles. The van der Waals surface area contributed by atoms with Crippen molar-refractivity contribution in [1.29, 1.82) is 0 Å². The smallest absolute Gasteiger partial charge is 0.191 e. The van der Waals surface area contributed by atoms with Crippen LogP contribution in [0.4, 0.5) is 0 Å². The van der Waals surface area contributed by atoms with Crippen LogP contribution >= 0.6 is 24.0 Å². The van der Waals surface area contributed by atoms with Gasteiger partial charge in [-0.05, 0) is 31.0 Å². The number of nitrogens with zero attached hydrogens (tertiary/aromatic N) is 4.